The second-order valence-corrected chi connectivity index (χ2v) is 1.49. The standard InChI is InChI=1S/C5H8N2O2/c1-4(3-6)7-5(8)9-2/h4H,1-2H3,(H,7,8)/t4-/m0/s1. The van der Waals surface area contributed by atoms with Crippen molar-refractivity contribution in [3.8, 4) is 6.07 Å². The van der Waals surface area contributed by atoms with E-state index in [1.165, 1.54) is 7.11 Å². The van der Waals surface area contributed by atoms with Gasteiger partial charge in [0.2, 0.25) is 0 Å². The molecule has 4 heteroatoms. The summed E-state index contributed by atoms with van der Waals surface area (Å²) in [5.74, 6) is 0. The summed E-state index contributed by atoms with van der Waals surface area (Å²) in [4.78, 5) is 10.3. The Morgan fingerprint density at radius 1 is 1.89 bits per heavy atom. The molecule has 0 saturated carbocycles. The second-order valence-electron chi connectivity index (χ2n) is 1.49. The van der Waals surface area contributed by atoms with Crippen molar-refractivity contribution in [1.29, 1.82) is 5.26 Å². The minimum Gasteiger partial charge on any atom is -0.453 e. The quantitative estimate of drug-likeness (QED) is 0.550. The van der Waals surface area contributed by atoms with E-state index < -0.39 is 12.1 Å². The smallest absolute Gasteiger partial charge is 0.407 e. The van der Waals surface area contributed by atoms with E-state index in [4.69, 9.17) is 5.26 Å². The fourth-order valence-electron chi connectivity index (χ4n) is 0.268. The zero-order valence-electron chi connectivity index (χ0n) is 5.34. The lowest BCUT2D eigenvalue weighted by molar-refractivity contribution is 0.169. The number of nitriles is 1. The summed E-state index contributed by atoms with van der Waals surface area (Å²) in [6, 6.07) is 1.33. The van der Waals surface area contributed by atoms with E-state index in [1.54, 1.807) is 6.92 Å². The maximum Gasteiger partial charge on any atom is 0.407 e. The molecular formula is C5H8N2O2. The molecule has 0 radical (unpaired) electrons. The van der Waals surface area contributed by atoms with Gasteiger partial charge >= 0.3 is 6.09 Å². The molecule has 0 fully saturated rings. The molecule has 9 heavy (non-hydrogen) atoms. The number of alkyl carbamates (subject to hydrolysis) is 1. The van der Waals surface area contributed by atoms with Gasteiger partial charge in [0.15, 0.2) is 0 Å². The highest BCUT2D eigenvalue weighted by atomic mass is 16.5. The maximum atomic E-state index is 10.3. The van der Waals surface area contributed by atoms with Crippen LogP contribution in [0.5, 0.6) is 0 Å². The number of amides is 1. The molecule has 0 spiro atoms. The summed E-state index contributed by atoms with van der Waals surface area (Å²) < 4.78 is 4.22. The lowest BCUT2D eigenvalue weighted by Gasteiger charge is -2.02. The number of carbonyl (C=O) groups is 1. The van der Waals surface area contributed by atoms with Crippen molar-refractivity contribution in [3.63, 3.8) is 0 Å². The highest BCUT2D eigenvalue weighted by Crippen LogP contribution is 1.77. The van der Waals surface area contributed by atoms with E-state index in [2.05, 4.69) is 10.1 Å². The summed E-state index contributed by atoms with van der Waals surface area (Å²) in [5.41, 5.74) is 0. The molecule has 0 bridgehead atoms. The molecule has 50 valence electrons. The van der Waals surface area contributed by atoms with Crippen molar-refractivity contribution in [2.75, 3.05) is 7.11 Å². The Bertz CT molecular complexity index is 138. The average molecular weight is 128 g/mol. The highest BCUT2D eigenvalue weighted by molar-refractivity contribution is 5.67. The Kier molecular flexibility index (Phi) is 3.21. The summed E-state index contributed by atoms with van der Waals surface area (Å²) in [7, 11) is 1.25. The Morgan fingerprint density at radius 3 is 2.78 bits per heavy atom. The van der Waals surface area contributed by atoms with Crippen LogP contribution < -0.4 is 5.32 Å². The molecule has 1 atom stereocenters. The number of methoxy groups -OCH3 is 1. The first-order valence-corrected chi connectivity index (χ1v) is 2.44. The van der Waals surface area contributed by atoms with E-state index in [0.717, 1.165) is 0 Å². The van der Waals surface area contributed by atoms with Gasteiger partial charge in [-0.3, -0.25) is 0 Å². The van der Waals surface area contributed by atoms with E-state index in [1.807, 2.05) is 6.07 Å². The Labute approximate surface area is 53.4 Å². The van der Waals surface area contributed by atoms with E-state index in [9.17, 15) is 4.79 Å². The molecule has 0 heterocycles. The molecular weight excluding hydrogens is 120 g/mol. The van der Waals surface area contributed by atoms with Gasteiger partial charge in [-0.05, 0) is 6.92 Å². The molecule has 0 saturated heterocycles. The van der Waals surface area contributed by atoms with E-state index >= 15 is 0 Å². The van der Waals surface area contributed by atoms with Gasteiger partial charge in [-0.2, -0.15) is 5.26 Å². The summed E-state index contributed by atoms with van der Waals surface area (Å²) in [5, 5.41) is 10.4. The van der Waals surface area contributed by atoms with Gasteiger partial charge in [0.25, 0.3) is 0 Å². The Hall–Kier alpha value is -1.24. The van der Waals surface area contributed by atoms with Gasteiger partial charge in [-0.1, -0.05) is 0 Å². The molecule has 0 aliphatic carbocycles. The fraction of sp³-hybridized carbons (Fsp3) is 0.600. The average Bonchev–Trinajstić information content (AvgIpc) is 1.87. The molecule has 0 aliphatic heterocycles. The first kappa shape index (κ1) is 7.76. The minimum absolute atomic E-state index is 0.488. The highest BCUT2D eigenvalue weighted by Gasteiger charge is 2.02. The largest absolute Gasteiger partial charge is 0.453 e. The van der Waals surface area contributed by atoms with Crippen molar-refractivity contribution in [2.24, 2.45) is 0 Å². The second kappa shape index (κ2) is 3.72. The minimum atomic E-state index is -0.580. The van der Waals surface area contributed by atoms with Gasteiger partial charge < -0.3 is 10.1 Å². The third-order valence-electron chi connectivity index (χ3n) is 0.713. The van der Waals surface area contributed by atoms with Crippen LogP contribution in [0, 0.1) is 11.3 Å². The topological polar surface area (TPSA) is 62.1 Å². The first-order chi connectivity index (χ1) is 4.20. The third kappa shape index (κ3) is 3.35. The third-order valence-corrected chi connectivity index (χ3v) is 0.713. The number of ether oxygens (including phenoxy) is 1. The molecule has 0 unspecified atom stereocenters. The number of nitrogens with one attached hydrogen (secondary N) is 1. The normalized spacial score (nSPS) is 11.2. The SMILES string of the molecule is COC(=O)N[C@@H](C)C#N. The number of carbonyl (C=O) groups excluding carboxylic acids is 1. The van der Waals surface area contributed by atoms with Crippen LogP contribution in [0.1, 0.15) is 6.92 Å². The molecule has 0 aromatic rings. The van der Waals surface area contributed by atoms with Crippen LogP contribution >= 0.6 is 0 Å². The van der Waals surface area contributed by atoms with Crippen LogP contribution in [0.2, 0.25) is 0 Å². The van der Waals surface area contributed by atoms with E-state index in [-0.39, 0.29) is 0 Å². The lowest BCUT2D eigenvalue weighted by atomic mass is 10.4. The monoisotopic (exact) mass is 128 g/mol. The number of hydrogen-bond donors (Lipinski definition) is 1. The number of nitrogens with zero attached hydrogens (tertiary/aromatic N) is 1. The first-order valence-electron chi connectivity index (χ1n) is 2.44. The van der Waals surface area contributed by atoms with Crippen LogP contribution in [0.25, 0.3) is 0 Å². The van der Waals surface area contributed by atoms with E-state index in [0.29, 0.717) is 0 Å². The zero-order chi connectivity index (χ0) is 7.28. The summed E-state index contributed by atoms with van der Waals surface area (Å²) in [6.07, 6.45) is -0.580. The zero-order valence-corrected chi connectivity index (χ0v) is 5.34. The maximum absolute atomic E-state index is 10.3. The molecule has 4 nitrogen and oxygen atoms in total. The Balaban J connectivity index is 3.50. The number of hydrogen-bond acceptors (Lipinski definition) is 3. The summed E-state index contributed by atoms with van der Waals surface area (Å²) in [6.45, 7) is 1.57. The molecule has 0 aliphatic rings. The van der Waals surface area contributed by atoms with Crippen molar-refractivity contribution < 1.29 is 9.53 Å². The molecule has 0 aromatic carbocycles. The lowest BCUT2D eigenvalue weighted by Crippen LogP contribution is -2.30. The molecule has 0 aromatic heterocycles. The van der Waals surface area contributed by atoms with Crippen LogP contribution in [-0.4, -0.2) is 19.2 Å². The van der Waals surface area contributed by atoms with Crippen molar-refractivity contribution in [3.05, 3.63) is 0 Å². The molecule has 1 N–H and O–H groups in total. The van der Waals surface area contributed by atoms with Crippen LogP contribution in [0.15, 0.2) is 0 Å². The van der Waals surface area contributed by atoms with Gasteiger partial charge in [0.05, 0.1) is 13.2 Å². The van der Waals surface area contributed by atoms with Gasteiger partial charge in [-0.15, -0.1) is 0 Å². The number of rotatable bonds is 1. The van der Waals surface area contributed by atoms with Crippen LogP contribution in [-0.2, 0) is 4.74 Å². The molecule has 1 amide bonds. The predicted octanol–water partition coefficient (Wildman–Crippen LogP) is 0.254. The van der Waals surface area contributed by atoms with Gasteiger partial charge in [0, 0.05) is 0 Å². The summed E-state index contributed by atoms with van der Waals surface area (Å²) >= 11 is 0. The van der Waals surface area contributed by atoms with Crippen molar-refractivity contribution in [2.45, 2.75) is 13.0 Å². The Morgan fingerprint density at radius 2 is 2.44 bits per heavy atom. The van der Waals surface area contributed by atoms with Crippen molar-refractivity contribution >= 4 is 6.09 Å². The van der Waals surface area contributed by atoms with Gasteiger partial charge in [0.1, 0.15) is 6.04 Å². The van der Waals surface area contributed by atoms with Crippen molar-refractivity contribution in [1.82, 2.24) is 5.32 Å². The predicted molar refractivity (Wildman–Crippen MR) is 30.6 cm³/mol. The fourth-order valence-corrected chi connectivity index (χ4v) is 0.268. The van der Waals surface area contributed by atoms with Gasteiger partial charge in [-0.25, -0.2) is 4.79 Å². The molecule has 0 rings (SSSR count). The van der Waals surface area contributed by atoms with Crippen LogP contribution in [0.3, 0.4) is 0 Å². The van der Waals surface area contributed by atoms with Crippen LogP contribution in [0.4, 0.5) is 4.79 Å².